The van der Waals surface area contributed by atoms with Gasteiger partial charge in [0.05, 0.1) is 13.7 Å². The monoisotopic (exact) mass is 319 g/mol. The number of nitrogens with zero attached hydrogens (tertiary/aromatic N) is 3. The molecule has 1 heterocycles. The van der Waals surface area contributed by atoms with Crippen LogP contribution in [-0.4, -0.2) is 73.4 Å². The summed E-state index contributed by atoms with van der Waals surface area (Å²) in [6.45, 7) is 5.43. The lowest BCUT2D eigenvalue weighted by Gasteiger charge is -2.34. The Hall–Kier alpha value is -2.08. The highest BCUT2D eigenvalue weighted by molar-refractivity contribution is 5.78. The molecule has 0 aliphatic carbocycles. The van der Waals surface area contributed by atoms with Crippen molar-refractivity contribution in [2.75, 3.05) is 46.9 Å². The molecular weight excluding hydrogens is 294 g/mol. The zero-order valence-electron chi connectivity index (χ0n) is 14.1. The van der Waals surface area contributed by atoms with Gasteiger partial charge in [0.25, 0.3) is 0 Å². The lowest BCUT2D eigenvalue weighted by molar-refractivity contribution is -0.133. The Balaban J connectivity index is 1.82. The van der Waals surface area contributed by atoms with Crippen LogP contribution in [0.4, 0.5) is 0 Å². The van der Waals surface area contributed by atoms with Gasteiger partial charge in [0.1, 0.15) is 5.75 Å². The topological polar surface area (TPSA) is 53.1 Å². The summed E-state index contributed by atoms with van der Waals surface area (Å²) in [4.78, 5) is 29.3. The Bertz CT molecular complexity index is 554. The van der Waals surface area contributed by atoms with E-state index >= 15 is 0 Å². The molecule has 126 valence electrons. The molecule has 6 nitrogen and oxygen atoms in total. The first-order valence-corrected chi connectivity index (χ1v) is 7.84. The van der Waals surface area contributed by atoms with Gasteiger partial charge in [-0.3, -0.25) is 14.5 Å². The maximum Gasteiger partial charge on any atom is 0.236 e. The van der Waals surface area contributed by atoms with Crippen LogP contribution < -0.4 is 4.74 Å². The van der Waals surface area contributed by atoms with Gasteiger partial charge >= 0.3 is 0 Å². The van der Waals surface area contributed by atoms with Crippen molar-refractivity contribution in [3.05, 3.63) is 29.8 Å². The summed E-state index contributed by atoms with van der Waals surface area (Å²) in [7, 11) is 3.45. The van der Waals surface area contributed by atoms with Crippen molar-refractivity contribution in [3.63, 3.8) is 0 Å². The normalized spacial score (nSPS) is 15.3. The maximum absolute atomic E-state index is 12.4. The highest BCUT2D eigenvalue weighted by Crippen LogP contribution is 2.14. The fourth-order valence-electron chi connectivity index (χ4n) is 2.67. The summed E-state index contributed by atoms with van der Waals surface area (Å²) in [5.74, 6) is 0.985. The molecule has 1 fully saturated rings. The average molecular weight is 319 g/mol. The molecule has 2 amide bonds. The van der Waals surface area contributed by atoms with Crippen molar-refractivity contribution >= 4 is 11.8 Å². The fourth-order valence-corrected chi connectivity index (χ4v) is 2.67. The van der Waals surface area contributed by atoms with E-state index in [2.05, 4.69) is 4.90 Å². The van der Waals surface area contributed by atoms with Crippen LogP contribution in [-0.2, 0) is 16.1 Å². The maximum atomic E-state index is 12.4. The highest BCUT2D eigenvalue weighted by Gasteiger charge is 2.21. The van der Waals surface area contributed by atoms with E-state index in [0.717, 1.165) is 24.4 Å². The Morgan fingerprint density at radius 3 is 2.52 bits per heavy atom. The molecule has 0 saturated carbocycles. The molecule has 0 spiro atoms. The summed E-state index contributed by atoms with van der Waals surface area (Å²) >= 11 is 0. The van der Waals surface area contributed by atoms with Gasteiger partial charge in [0.2, 0.25) is 11.8 Å². The minimum absolute atomic E-state index is 0.0871. The quantitative estimate of drug-likeness (QED) is 0.806. The van der Waals surface area contributed by atoms with Crippen molar-refractivity contribution < 1.29 is 14.3 Å². The number of piperazine rings is 1. The zero-order valence-corrected chi connectivity index (χ0v) is 14.1. The average Bonchev–Trinajstić information content (AvgIpc) is 2.55. The van der Waals surface area contributed by atoms with Crippen LogP contribution >= 0.6 is 0 Å². The van der Waals surface area contributed by atoms with Crippen LogP contribution in [0.2, 0.25) is 0 Å². The third-order valence-electron chi connectivity index (χ3n) is 4.16. The van der Waals surface area contributed by atoms with E-state index in [4.69, 9.17) is 4.74 Å². The van der Waals surface area contributed by atoms with E-state index in [1.54, 1.807) is 18.9 Å². The molecule has 1 saturated heterocycles. The van der Waals surface area contributed by atoms with E-state index in [1.165, 1.54) is 0 Å². The Morgan fingerprint density at radius 1 is 1.22 bits per heavy atom. The first kappa shape index (κ1) is 17.3. The van der Waals surface area contributed by atoms with Crippen LogP contribution in [0.25, 0.3) is 0 Å². The Kier molecular flexibility index (Phi) is 5.98. The summed E-state index contributed by atoms with van der Waals surface area (Å²) in [5, 5.41) is 0. The number of benzene rings is 1. The number of carbonyl (C=O) groups is 2. The zero-order chi connectivity index (χ0) is 16.8. The molecule has 1 aromatic rings. The minimum atomic E-state index is 0.0871. The van der Waals surface area contributed by atoms with Gasteiger partial charge in [-0.1, -0.05) is 12.1 Å². The lowest BCUT2D eigenvalue weighted by Crippen LogP contribution is -2.50. The second-order valence-electron chi connectivity index (χ2n) is 5.88. The molecule has 23 heavy (non-hydrogen) atoms. The molecule has 1 aromatic carbocycles. The molecule has 6 heteroatoms. The largest absolute Gasteiger partial charge is 0.497 e. The number of likely N-dealkylation sites (N-methyl/N-ethyl adjacent to an activating group) is 1. The number of hydrogen-bond donors (Lipinski definition) is 0. The third-order valence-corrected chi connectivity index (χ3v) is 4.16. The number of ether oxygens (including phenoxy) is 1. The first-order valence-electron chi connectivity index (χ1n) is 7.84. The molecule has 1 aliphatic heterocycles. The Morgan fingerprint density at radius 2 is 1.91 bits per heavy atom. The fraction of sp³-hybridized carbons (Fsp3) is 0.529. The highest BCUT2D eigenvalue weighted by atomic mass is 16.5. The van der Waals surface area contributed by atoms with Crippen molar-refractivity contribution in [2.24, 2.45) is 0 Å². The van der Waals surface area contributed by atoms with Gasteiger partial charge in [-0.2, -0.15) is 0 Å². The summed E-state index contributed by atoms with van der Waals surface area (Å²) in [6.07, 6.45) is 0. The third kappa shape index (κ3) is 4.96. The number of carbonyl (C=O) groups excluding carboxylic acids is 2. The van der Waals surface area contributed by atoms with Gasteiger partial charge < -0.3 is 14.5 Å². The Labute approximate surface area is 137 Å². The predicted octanol–water partition coefficient (Wildman–Crippen LogP) is 0.818. The number of amides is 2. The lowest BCUT2D eigenvalue weighted by atomic mass is 10.2. The second-order valence-corrected chi connectivity index (χ2v) is 5.88. The minimum Gasteiger partial charge on any atom is -0.497 e. The smallest absolute Gasteiger partial charge is 0.236 e. The van der Waals surface area contributed by atoms with Gasteiger partial charge in [-0.25, -0.2) is 0 Å². The van der Waals surface area contributed by atoms with Crippen LogP contribution in [0.3, 0.4) is 0 Å². The number of methoxy groups -OCH3 is 1. The van der Waals surface area contributed by atoms with Crippen LogP contribution in [0, 0.1) is 0 Å². The molecule has 2 rings (SSSR count). The molecule has 0 unspecified atom stereocenters. The molecule has 0 radical (unpaired) electrons. The molecule has 1 aliphatic rings. The van der Waals surface area contributed by atoms with Crippen molar-refractivity contribution in [2.45, 2.75) is 13.5 Å². The molecule has 0 N–H and O–H groups in total. The van der Waals surface area contributed by atoms with E-state index in [1.807, 2.05) is 36.2 Å². The van der Waals surface area contributed by atoms with Gasteiger partial charge in [0, 0.05) is 46.7 Å². The van der Waals surface area contributed by atoms with Gasteiger partial charge in [-0.05, 0) is 17.7 Å². The molecule has 0 aromatic heterocycles. The molecule has 0 bridgehead atoms. The van der Waals surface area contributed by atoms with Gasteiger partial charge in [0.15, 0.2) is 0 Å². The van der Waals surface area contributed by atoms with Crippen molar-refractivity contribution in [1.29, 1.82) is 0 Å². The number of hydrogen-bond acceptors (Lipinski definition) is 4. The molecular formula is C17H25N3O3. The van der Waals surface area contributed by atoms with Crippen LogP contribution in [0.5, 0.6) is 5.75 Å². The van der Waals surface area contributed by atoms with Crippen molar-refractivity contribution in [3.8, 4) is 5.75 Å². The van der Waals surface area contributed by atoms with E-state index in [-0.39, 0.29) is 11.8 Å². The van der Waals surface area contributed by atoms with E-state index in [9.17, 15) is 9.59 Å². The van der Waals surface area contributed by atoms with E-state index in [0.29, 0.717) is 26.2 Å². The first-order chi connectivity index (χ1) is 11.0. The van der Waals surface area contributed by atoms with Crippen molar-refractivity contribution in [1.82, 2.24) is 14.7 Å². The molecule has 0 atom stereocenters. The number of rotatable bonds is 5. The second kappa shape index (κ2) is 7.97. The SMILES string of the molecule is COc1cccc(CN(C)C(=O)CN2CCN(C(C)=O)CC2)c1. The standard InChI is InChI=1S/C17H25N3O3/c1-14(21)20-9-7-19(8-10-20)13-17(22)18(2)12-15-5-4-6-16(11-15)23-3/h4-6,11H,7-10,12-13H2,1-3H3. The van der Waals surface area contributed by atoms with Gasteiger partial charge in [-0.15, -0.1) is 0 Å². The summed E-state index contributed by atoms with van der Waals surface area (Å²) < 4.78 is 5.20. The van der Waals surface area contributed by atoms with Crippen LogP contribution in [0.15, 0.2) is 24.3 Å². The van der Waals surface area contributed by atoms with Crippen LogP contribution in [0.1, 0.15) is 12.5 Å². The summed E-state index contributed by atoms with van der Waals surface area (Å²) in [6, 6.07) is 7.74. The van der Waals surface area contributed by atoms with E-state index < -0.39 is 0 Å². The predicted molar refractivity (Wildman–Crippen MR) is 88.2 cm³/mol. The summed E-state index contributed by atoms with van der Waals surface area (Å²) in [5.41, 5.74) is 1.04.